The lowest BCUT2D eigenvalue weighted by Gasteiger charge is -2.30. The van der Waals surface area contributed by atoms with E-state index in [2.05, 4.69) is 17.4 Å². The number of benzene rings is 1. The summed E-state index contributed by atoms with van der Waals surface area (Å²) in [5.41, 5.74) is 6.89. The molecular weight excluding hydrogens is 288 g/mol. The summed E-state index contributed by atoms with van der Waals surface area (Å²) in [5, 5.41) is 3.00. The molecule has 1 aromatic rings. The molecule has 0 saturated heterocycles. The van der Waals surface area contributed by atoms with Gasteiger partial charge >= 0.3 is 0 Å². The number of amides is 1. The van der Waals surface area contributed by atoms with Crippen LogP contribution in [0.1, 0.15) is 38.2 Å². The molecular formula is C16H25ClN2O2. The SMILES string of the molecule is COc1cccc(C2(CNC(=O)[C@@H](C)N)CCCC2)c1.Cl. The van der Waals surface area contributed by atoms with E-state index < -0.39 is 6.04 Å². The highest BCUT2D eigenvalue weighted by Crippen LogP contribution is 2.41. The molecule has 1 saturated carbocycles. The van der Waals surface area contributed by atoms with Gasteiger partial charge in [0.1, 0.15) is 5.75 Å². The molecule has 1 amide bonds. The molecule has 1 aliphatic carbocycles. The fraction of sp³-hybridized carbons (Fsp3) is 0.562. The molecule has 2 rings (SSSR count). The van der Waals surface area contributed by atoms with E-state index in [1.54, 1.807) is 14.0 Å². The van der Waals surface area contributed by atoms with E-state index in [1.165, 1.54) is 18.4 Å². The van der Waals surface area contributed by atoms with Crippen molar-refractivity contribution in [1.82, 2.24) is 5.32 Å². The molecule has 1 fully saturated rings. The first-order chi connectivity index (χ1) is 9.57. The second-order valence-corrected chi connectivity index (χ2v) is 5.73. The zero-order valence-electron chi connectivity index (χ0n) is 12.7. The molecule has 5 heteroatoms. The molecule has 3 N–H and O–H groups in total. The van der Waals surface area contributed by atoms with E-state index in [0.29, 0.717) is 6.54 Å². The van der Waals surface area contributed by atoms with E-state index in [4.69, 9.17) is 10.5 Å². The quantitative estimate of drug-likeness (QED) is 0.877. The van der Waals surface area contributed by atoms with Crippen LogP contribution in [0.5, 0.6) is 5.75 Å². The van der Waals surface area contributed by atoms with Crippen LogP contribution < -0.4 is 15.8 Å². The maximum atomic E-state index is 11.7. The molecule has 4 nitrogen and oxygen atoms in total. The molecule has 0 spiro atoms. The summed E-state index contributed by atoms with van der Waals surface area (Å²) in [7, 11) is 1.68. The van der Waals surface area contributed by atoms with E-state index in [0.717, 1.165) is 18.6 Å². The Morgan fingerprint density at radius 3 is 2.67 bits per heavy atom. The second kappa shape index (κ2) is 7.66. The Bertz CT molecular complexity index is 471. The molecule has 21 heavy (non-hydrogen) atoms. The number of methoxy groups -OCH3 is 1. The van der Waals surface area contributed by atoms with Gasteiger partial charge in [-0.1, -0.05) is 25.0 Å². The number of nitrogens with one attached hydrogen (secondary N) is 1. The zero-order valence-corrected chi connectivity index (χ0v) is 13.5. The van der Waals surface area contributed by atoms with Gasteiger partial charge in [-0.25, -0.2) is 0 Å². The third-order valence-corrected chi connectivity index (χ3v) is 4.26. The summed E-state index contributed by atoms with van der Waals surface area (Å²) >= 11 is 0. The number of nitrogens with two attached hydrogens (primary N) is 1. The van der Waals surface area contributed by atoms with Crippen molar-refractivity contribution < 1.29 is 9.53 Å². The molecule has 0 aromatic heterocycles. The number of halogens is 1. The van der Waals surface area contributed by atoms with Gasteiger partial charge in [0.25, 0.3) is 0 Å². The van der Waals surface area contributed by atoms with Crippen LogP contribution in [0.3, 0.4) is 0 Å². The third-order valence-electron chi connectivity index (χ3n) is 4.26. The topological polar surface area (TPSA) is 64.3 Å². The average molecular weight is 313 g/mol. The smallest absolute Gasteiger partial charge is 0.236 e. The standard InChI is InChI=1S/C16H24N2O2.ClH/c1-12(17)15(19)18-11-16(8-3-4-9-16)13-6-5-7-14(10-13)20-2;/h5-7,10,12H,3-4,8-9,11,17H2,1-2H3,(H,18,19);1H/t12-;/m1./s1. The summed E-state index contributed by atoms with van der Waals surface area (Å²) in [6, 6.07) is 7.72. The van der Waals surface area contributed by atoms with Crippen LogP contribution in [0.4, 0.5) is 0 Å². The Morgan fingerprint density at radius 2 is 2.10 bits per heavy atom. The third kappa shape index (κ3) is 4.11. The van der Waals surface area contributed by atoms with Crippen LogP contribution in [-0.4, -0.2) is 25.6 Å². The highest BCUT2D eigenvalue weighted by atomic mass is 35.5. The maximum absolute atomic E-state index is 11.7. The highest BCUT2D eigenvalue weighted by molar-refractivity contribution is 5.85. The van der Waals surface area contributed by atoms with Gasteiger partial charge in [0.2, 0.25) is 5.91 Å². The summed E-state index contributed by atoms with van der Waals surface area (Å²) < 4.78 is 5.32. The fourth-order valence-electron chi connectivity index (χ4n) is 2.99. The van der Waals surface area contributed by atoms with Gasteiger partial charge in [-0.2, -0.15) is 0 Å². The van der Waals surface area contributed by atoms with Crippen molar-refractivity contribution in [2.45, 2.75) is 44.1 Å². The van der Waals surface area contributed by atoms with Crippen LogP contribution in [0.15, 0.2) is 24.3 Å². The summed E-state index contributed by atoms with van der Waals surface area (Å²) in [6.07, 6.45) is 4.59. The number of rotatable bonds is 5. The molecule has 1 aliphatic rings. The van der Waals surface area contributed by atoms with Crippen molar-refractivity contribution in [3.63, 3.8) is 0 Å². The van der Waals surface area contributed by atoms with Gasteiger partial charge in [0.15, 0.2) is 0 Å². The Kier molecular flexibility index (Phi) is 6.49. The second-order valence-electron chi connectivity index (χ2n) is 5.73. The molecule has 0 heterocycles. The molecule has 0 unspecified atom stereocenters. The van der Waals surface area contributed by atoms with Crippen LogP contribution in [0.2, 0.25) is 0 Å². The molecule has 0 aliphatic heterocycles. The van der Waals surface area contributed by atoms with E-state index in [9.17, 15) is 4.79 Å². The lowest BCUT2D eigenvalue weighted by atomic mass is 9.78. The fourth-order valence-corrected chi connectivity index (χ4v) is 2.99. The van der Waals surface area contributed by atoms with E-state index >= 15 is 0 Å². The Balaban J connectivity index is 0.00000220. The normalized spacial score (nSPS) is 17.7. The van der Waals surface area contributed by atoms with Crippen molar-refractivity contribution in [2.75, 3.05) is 13.7 Å². The first kappa shape index (κ1) is 17.8. The lowest BCUT2D eigenvalue weighted by molar-refractivity contribution is -0.122. The first-order valence-corrected chi connectivity index (χ1v) is 7.25. The predicted molar refractivity (Wildman–Crippen MR) is 87.0 cm³/mol. The van der Waals surface area contributed by atoms with Crippen molar-refractivity contribution >= 4 is 18.3 Å². The van der Waals surface area contributed by atoms with Gasteiger partial charge in [-0.15, -0.1) is 12.4 Å². The Hall–Kier alpha value is -1.26. The Morgan fingerprint density at radius 1 is 1.43 bits per heavy atom. The molecule has 1 aromatic carbocycles. The number of ether oxygens (including phenoxy) is 1. The summed E-state index contributed by atoms with van der Waals surface area (Å²) in [6.45, 7) is 2.36. The minimum Gasteiger partial charge on any atom is -0.497 e. The van der Waals surface area contributed by atoms with Gasteiger partial charge in [-0.05, 0) is 37.5 Å². The zero-order chi connectivity index (χ0) is 14.6. The predicted octanol–water partition coefficient (Wildman–Crippen LogP) is 2.39. The van der Waals surface area contributed by atoms with Crippen molar-refractivity contribution in [1.29, 1.82) is 0 Å². The first-order valence-electron chi connectivity index (χ1n) is 7.25. The van der Waals surface area contributed by atoms with Crippen molar-refractivity contribution in [3.8, 4) is 5.75 Å². The average Bonchev–Trinajstić information content (AvgIpc) is 2.95. The van der Waals surface area contributed by atoms with Crippen LogP contribution >= 0.6 is 12.4 Å². The van der Waals surface area contributed by atoms with Crippen molar-refractivity contribution in [2.24, 2.45) is 5.73 Å². The Labute approximate surface area is 132 Å². The highest BCUT2D eigenvalue weighted by Gasteiger charge is 2.36. The minimum atomic E-state index is -0.459. The monoisotopic (exact) mass is 312 g/mol. The molecule has 0 bridgehead atoms. The lowest BCUT2D eigenvalue weighted by Crippen LogP contribution is -2.45. The van der Waals surface area contributed by atoms with Crippen LogP contribution in [-0.2, 0) is 10.2 Å². The summed E-state index contributed by atoms with van der Waals surface area (Å²) in [4.78, 5) is 11.7. The number of carbonyl (C=O) groups is 1. The van der Waals surface area contributed by atoms with E-state index in [-0.39, 0.29) is 23.7 Å². The largest absolute Gasteiger partial charge is 0.497 e. The molecule has 118 valence electrons. The van der Waals surface area contributed by atoms with Gasteiger partial charge < -0.3 is 15.8 Å². The number of hydrogen-bond donors (Lipinski definition) is 2. The van der Waals surface area contributed by atoms with Gasteiger partial charge in [-0.3, -0.25) is 4.79 Å². The van der Waals surface area contributed by atoms with Crippen LogP contribution in [0, 0.1) is 0 Å². The molecule has 1 atom stereocenters. The van der Waals surface area contributed by atoms with E-state index in [1.807, 2.05) is 12.1 Å². The van der Waals surface area contributed by atoms with Crippen LogP contribution in [0.25, 0.3) is 0 Å². The maximum Gasteiger partial charge on any atom is 0.236 e. The van der Waals surface area contributed by atoms with Crippen molar-refractivity contribution in [3.05, 3.63) is 29.8 Å². The summed E-state index contributed by atoms with van der Waals surface area (Å²) in [5.74, 6) is 0.784. The minimum absolute atomic E-state index is 0. The number of hydrogen-bond acceptors (Lipinski definition) is 3. The number of carbonyl (C=O) groups excluding carboxylic acids is 1. The van der Waals surface area contributed by atoms with Gasteiger partial charge in [0.05, 0.1) is 13.2 Å². The molecule has 0 radical (unpaired) electrons. The van der Waals surface area contributed by atoms with Gasteiger partial charge in [0, 0.05) is 12.0 Å².